The molecule has 0 heterocycles. The third-order valence-electron chi connectivity index (χ3n) is 3.10. The number of hydrogen-bond acceptors (Lipinski definition) is 2. The SMILES string of the molecule is C=CC(=O)NC(COCc1ccccc1)c1ccccc1. The van der Waals surface area contributed by atoms with Crippen molar-refractivity contribution in [1.82, 2.24) is 5.32 Å². The van der Waals surface area contributed by atoms with Gasteiger partial charge in [0, 0.05) is 0 Å². The monoisotopic (exact) mass is 281 g/mol. The zero-order chi connectivity index (χ0) is 14.9. The highest BCUT2D eigenvalue weighted by Gasteiger charge is 2.13. The number of benzene rings is 2. The summed E-state index contributed by atoms with van der Waals surface area (Å²) in [5.74, 6) is -0.202. The normalized spacial score (nSPS) is 11.6. The van der Waals surface area contributed by atoms with Crippen LogP contribution < -0.4 is 5.32 Å². The molecule has 1 unspecified atom stereocenters. The number of amides is 1. The largest absolute Gasteiger partial charge is 0.374 e. The lowest BCUT2D eigenvalue weighted by Crippen LogP contribution is -2.30. The Kier molecular flexibility index (Phi) is 5.73. The van der Waals surface area contributed by atoms with Crippen molar-refractivity contribution in [1.29, 1.82) is 0 Å². The van der Waals surface area contributed by atoms with Crippen molar-refractivity contribution in [2.45, 2.75) is 12.6 Å². The van der Waals surface area contributed by atoms with Crippen molar-refractivity contribution < 1.29 is 9.53 Å². The highest BCUT2D eigenvalue weighted by molar-refractivity contribution is 5.87. The third-order valence-corrected chi connectivity index (χ3v) is 3.10. The zero-order valence-corrected chi connectivity index (χ0v) is 11.9. The van der Waals surface area contributed by atoms with Crippen LogP contribution in [0.4, 0.5) is 0 Å². The number of nitrogens with one attached hydrogen (secondary N) is 1. The Hall–Kier alpha value is -2.39. The number of carbonyl (C=O) groups is 1. The highest BCUT2D eigenvalue weighted by Crippen LogP contribution is 2.14. The molecule has 0 fully saturated rings. The van der Waals surface area contributed by atoms with E-state index in [0.29, 0.717) is 13.2 Å². The average molecular weight is 281 g/mol. The summed E-state index contributed by atoms with van der Waals surface area (Å²) in [6, 6.07) is 19.6. The molecule has 0 aromatic heterocycles. The van der Waals surface area contributed by atoms with Crippen LogP contribution in [0.5, 0.6) is 0 Å². The molecule has 108 valence electrons. The summed E-state index contributed by atoms with van der Waals surface area (Å²) >= 11 is 0. The zero-order valence-electron chi connectivity index (χ0n) is 11.9. The molecule has 1 amide bonds. The summed E-state index contributed by atoms with van der Waals surface area (Å²) in [6.07, 6.45) is 1.27. The molecule has 21 heavy (non-hydrogen) atoms. The predicted molar refractivity (Wildman–Crippen MR) is 83.6 cm³/mol. The maximum Gasteiger partial charge on any atom is 0.243 e. The Balaban J connectivity index is 1.96. The van der Waals surface area contributed by atoms with Crippen molar-refractivity contribution in [2.75, 3.05) is 6.61 Å². The van der Waals surface area contributed by atoms with E-state index in [1.54, 1.807) is 0 Å². The molecule has 0 saturated carbocycles. The van der Waals surface area contributed by atoms with E-state index in [0.717, 1.165) is 11.1 Å². The van der Waals surface area contributed by atoms with E-state index in [-0.39, 0.29) is 11.9 Å². The fourth-order valence-corrected chi connectivity index (χ4v) is 2.01. The minimum absolute atomic E-state index is 0.180. The molecule has 2 aromatic rings. The molecule has 2 aromatic carbocycles. The van der Waals surface area contributed by atoms with Crippen molar-refractivity contribution in [2.24, 2.45) is 0 Å². The Morgan fingerprint density at radius 1 is 1.10 bits per heavy atom. The Morgan fingerprint density at radius 3 is 2.33 bits per heavy atom. The molecule has 0 aliphatic rings. The fraction of sp³-hybridized carbons (Fsp3) is 0.167. The van der Waals surface area contributed by atoms with E-state index in [1.165, 1.54) is 6.08 Å². The van der Waals surface area contributed by atoms with Crippen LogP contribution >= 0.6 is 0 Å². The number of hydrogen-bond donors (Lipinski definition) is 1. The summed E-state index contributed by atoms with van der Waals surface area (Å²) in [5, 5.41) is 2.89. The van der Waals surface area contributed by atoms with E-state index in [2.05, 4.69) is 11.9 Å². The topological polar surface area (TPSA) is 38.3 Å². The lowest BCUT2D eigenvalue weighted by molar-refractivity contribution is -0.117. The molecule has 2 rings (SSSR count). The quantitative estimate of drug-likeness (QED) is 0.791. The van der Waals surface area contributed by atoms with Gasteiger partial charge in [0.1, 0.15) is 0 Å². The first kappa shape index (κ1) is 15.0. The van der Waals surface area contributed by atoms with Crippen LogP contribution in [0.25, 0.3) is 0 Å². The van der Waals surface area contributed by atoms with Crippen molar-refractivity contribution in [3.8, 4) is 0 Å². The van der Waals surface area contributed by atoms with Crippen molar-refractivity contribution in [3.63, 3.8) is 0 Å². The molecular formula is C18H19NO2. The fourth-order valence-electron chi connectivity index (χ4n) is 2.01. The van der Waals surface area contributed by atoms with Gasteiger partial charge in [0.05, 0.1) is 19.3 Å². The maximum atomic E-state index is 11.5. The van der Waals surface area contributed by atoms with Crippen LogP contribution in [-0.4, -0.2) is 12.5 Å². The molecule has 0 radical (unpaired) electrons. The first-order chi connectivity index (χ1) is 10.3. The average Bonchev–Trinajstić information content (AvgIpc) is 2.55. The van der Waals surface area contributed by atoms with Gasteiger partial charge in [-0.05, 0) is 17.2 Å². The third kappa shape index (κ3) is 4.89. The molecule has 0 bridgehead atoms. The first-order valence-corrected chi connectivity index (χ1v) is 6.89. The predicted octanol–water partition coefficient (Wildman–Crippen LogP) is 3.25. The van der Waals surface area contributed by atoms with E-state index in [9.17, 15) is 4.79 Å². The number of ether oxygens (including phenoxy) is 1. The second-order valence-corrected chi connectivity index (χ2v) is 4.68. The second-order valence-electron chi connectivity index (χ2n) is 4.68. The molecule has 0 saturated heterocycles. The summed E-state index contributed by atoms with van der Waals surface area (Å²) < 4.78 is 5.73. The van der Waals surface area contributed by atoms with Gasteiger partial charge in [0.25, 0.3) is 0 Å². The molecule has 1 atom stereocenters. The van der Waals surface area contributed by atoms with Gasteiger partial charge in [-0.1, -0.05) is 67.2 Å². The number of carbonyl (C=O) groups excluding carboxylic acids is 1. The van der Waals surface area contributed by atoms with Crippen LogP contribution in [0.1, 0.15) is 17.2 Å². The molecule has 3 nitrogen and oxygen atoms in total. The molecule has 0 aliphatic heterocycles. The molecule has 1 N–H and O–H groups in total. The Bertz CT molecular complexity index is 566. The van der Waals surface area contributed by atoms with Crippen molar-refractivity contribution in [3.05, 3.63) is 84.4 Å². The standard InChI is InChI=1S/C18H19NO2/c1-2-18(20)19-17(16-11-7-4-8-12-16)14-21-13-15-9-5-3-6-10-15/h2-12,17H,1,13-14H2,(H,19,20). The van der Waals surface area contributed by atoms with Gasteiger partial charge in [-0.15, -0.1) is 0 Å². The minimum Gasteiger partial charge on any atom is -0.374 e. The van der Waals surface area contributed by atoms with Gasteiger partial charge in [-0.25, -0.2) is 0 Å². The lowest BCUT2D eigenvalue weighted by atomic mass is 10.1. The van der Waals surface area contributed by atoms with Gasteiger partial charge in [0.2, 0.25) is 5.91 Å². The molecular weight excluding hydrogens is 262 g/mol. The van der Waals surface area contributed by atoms with Crippen LogP contribution in [0.15, 0.2) is 73.3 Å². The van der Waals surface area contributed by atoms with E-state index < -0.39 is 0 Å². The van der Waals surface area contributed by atoms with Gasteiger partial charge in [0.15, 0.2) is 0 Å². The Labute approximate surface area is 125 Å². The minimum atomic E-state index is -0.202. The summed E-state index contributed by atoms with van der Waals surface area (Å²) in [6.45, 7) is 4.42. The van der Waals surface area contributed by atoms with Crippen LogP contribution in [0, 0.1) is 0 Å². The van der Waals surface area contributed by atoms with E-state index >= 15 is 0 Å². The van der Waals surface area contributed by atoms with Gasteiger partial charge < -0.3 is 10.1 Å². The summed E-state index contributed by atoms with van der Waals surface area (Å²) in [5.41, 5.74) is 2.13. The summed E-state index contributed by atoms with van der Waals surface area (Å²) in [4.78, 5) is 11.5. The van der Waals surface area contributed by atoms with Crippen LogP contribution in [-0.2, 0) is 16.1 Å². The van der Waals surface area contributed by atoms with Gasteiger partial charge >= 0.3 is 0 Å². The summed E-state index contributed by atoms with van der Waals surface area (Å²) in [7, 11) is 0. The van der Waals surface area contributed by atoms with Gasteiger partial charge in [-0.3, -0.25) is 4.79 Å². The molecule has 3 heteroatoms. The Morgan fingerprint density at radius 2 is 1.71 bits per heavy atom. The van der Waals surface area contributed by atoms with Crippen LogP contribution in [0.2, 0.25) is 0 Å². The van der Waals surface area contributed by atoms with E-state index in [1.807, 2.05) is 60.7 Å². The smallest absolute Gasteiger partial charge is 0.243 e. The second kappa shape index (κ2) is 8.02. The van der Waals surface area contributed by atoms with Gasteiger partial charge in [-0.2, -0.15) is 0 Å². The molecule has 0 aliphatic carbocycles. The van der Waals surface area contributed by atoms with Crippen LogP contribution in [0.3, 0.4) is 0 Å². The highest BCUT2D eigenvalue weighted by atomic mass is 16.5. The first-order valence-electron chi connectivity index (χ1n) is 6.89. The number of rotatable bonds is 7. The van der Waals surface area contributed by atoms with E-state index in [4.69, 9.17) is 4.74 Å². The lowest BCUT2D eigenvalue weighted by Gasteiger charge is -2.18. The van der Waals surface area contributed by atoms with Crippen molar-refractivity contribution >= 4 is 5.91 Å². The maximum absolute atomic E-state index is 11.5. The molecule has 0 spiro atoms.